The molecule has 178 valence electrons. The first-order chi connectivity index (χ1) is 17.2. The smallest absolute Gasteiger partial charge is 0.410 e. The lowest BCUT2D eigenvalue weighted by Crippen LogP contribution is -2.51. The number of nitrogens with zero attached hydrogens (tertiary/aromatic N) is 1. The first-order valence-electron chi connectivity index (χ1n) is 12.8. The van der Waals surface area contributed by atoms with Gasteiger partial charge in [0.2, 0.25) is 0 Å². The second-order valence-corrected chi connectivity index (χ2v) is 9.72. The molecule has 4 heteroatoms. The zero-order valence-electron chi connectivity index (χ0n) is 20.2. The number of carbonyl (C=O) groups is 1. The summed E-state index contributed by atoms with van der Waals surface area (Å²) >= 11 is 0. The van der Waals surface area contributed by atoms with Crippen LogP contribution in [0.15, 0.2) is 78.9 Å². The number of rotatable bonds is 5. The standard InChI is InChI=1S/C31H31NO3/c1-2-34-25-16-14-21(15-17-25)22-18-23-8-7-9-24(19-22)32(23)31(33)35-20-30-28-12-5-3-10-26(28)27-11-4-6-13-29(27)30/h3-6,10-18,23-24,30H,2,7-9,19-20H2,1H3. The highest BCUT2D eigenvalue weighted by Gasteiger charge is 2.39. The molecular formula is C31H31NO3. The minimum atomic E-state index is -0.177. The van der Waals surface area contributed by atoms with E-state index in [-0.39, 0.29) is 24.1 Å². The van der Waals surface area contributed by atoms with E-state index in [1.165, 1.54) is 33.4 Å². The van der Waals surface area contributed by atoms with E-state index in [2.05, 4.69) is 66.7 Å². The Morgan fingerprint density at radius 1 is 0.914 bits per heavy atom. The molecule has 3 aromatic carbocycles. The molecule has 1 saturated heterocycles. The number of amides is 1. The van der Waals surface area contributed by atoms with Crippen molar-refractivity contribution >= 4 is 11.7 Å². The van der Waals surface area contributed by atoms with Crippen molar-refractivity contribution in [2.45, 2.75) is 50.6 Å². The van der Waals surface area contributed by atoms with E-state index >= 15 is 0 Å². The lowest BCUT2D eigenvalue weighted by atomic mass is 9.83. The van der Waals surface area contributed by atoms with Gasteiger partial charge >= 0.3 is 6.09 Å². The van der Waals surface area contributed by atoms with Crippen LogP contribution in [0.3, 0.4) is 0 Å². The first-order valence-corrected chi connectivity index (χ1v) is 12.8. The lowest BCUT2D eigenvalue weighted by molar-refractivity contribution is 0.0539. The van der Waals surface area contributed by atoms with E-state index in [4.69, 9.17) is 9.47 Å². The molecule has 1 aliphatic carbocycles. The molecule has 35 heavy (non-hydrogen) atoms. The number of piperidine rings is 1. The summed E-state index contributed by atoms with van der Waals surface area (Å²) in [6, 6.07) is 25.6. The normalized spacial score (nSPS) is 20.6. The summed E-state index contributed by atoms with van der Waals surface area (Å²) in [6.07, 6.45) is 6.14. The van der Waals surface area contributed by atoms with Gasteiger partial charge in [-0.15, -0.1) is 0 Å². The summed E-state index contributed by atoms with van der Waals surface area (Å²) in [4.78, 5) is 15.4. The summed E-state index contributed by atoms with van der Waals surface area (Å²) in [5, 5.41) is 0. The Kier molecular flexibility index (Phi) is 5.81. The van der Waals surface area contributed by atoms with Crippen LogP contribution in [0.5, 0.6) is 5.75 Å². The third-order valence-corrected chi connectivity index (χ3v) is 7.72. The monoisotopic (exact) mass is 465 g/mol. The highest BCUT2D eigenvalue weighted by Crippen LogP contribution is 2.45. The van der Waals surface area contributed by atoms with E-state index in [9.17, 15) is 4.79 Å². The van der Waals surface area contributed by atoms with Crippen molar-refractivity contribution in [3.8, 4) is 16.9 Å². The number of benzene rings is 3. The van der Waals surface area contributed by atoms with Crippen LogP contribution in [-0.4, -0.2) is 36.3 Å². The molecule has 6 rings (SSSR count). The minimum Gasteiger partial charge on any atom is -0.494 e. The summed E-state index contributed by atoms with van der Waals surface area (Å²) in [6.45, 7) is 3.04. The van der Waals surface area contributed by atoms with Crippen LogP contribution in [0.4, 0.5) is 4.79 Å². The summed E-state index contributed by atoms with van der Waals surface area (Å²) in [5.74, 6) is 0.985. The van der Waals surface area contributed by atoms with Crippen molar-refractivity contribution in [1.29, 1.82) is 0 Å². The number of ether oxygens (including phenoxy) is 2. The summed E-state index contributed by atoms with van der Waals surface area (Å²) in [7, 11) is 0. The van der Waals surface area contributed by atoms with E-state index in [1.807, 2.05) is 24.0 Å². The van der Waals surface area contributed by atoms with Crippen LogP contribution in [0, 0.1) is 0 Å². The molecule has 3 aromatic rings. The fraction of sp³-hybridized carbons (Fsp3) is 0.323. The second-order valence-electron chi connectivity index (χ2n) is 9.72. The zero-order valence-corrected chi connectivity index (χ0v) is 20.2. The Labute approximate surface area is 207 Å². The van der Waals surface area contributed by atoms with Gasteiger partial charge in [0.25, 0.3) is 0 Å². The molecule has 1 amide bonds. The molecule has 2 bridgehead atoms. The quantitative estimate of drug-likeness (QED) is 0.405. The number of fused-ring (bicyclic) bond motifs is 5. The molecule has 0 aromatic heterocycles. The van der Waals surface area contributed by atoms with Crippen LogP contribution < -0.4 is 4.74 Å². The molecule has 2 unspecified atom stereocenters. The van der Waals surface area contributed by atoms with Crippen LogP contribution in [0.25, 0.3) is 16.7 Å². The van der Waals surface area contributed by atoms with Crippen LogP contribution >= 0.6 is 0 Å². The molecule has 2 atom stereocenters. The fourth-order valence-electron chi connectivity index (χ4n) is 6.13. The van der Waals surface area contributed by atoms with Crippen LogP contribution in [0.1, 0.15) is 55.2 Å². The van der Waals surface area contributed by atoms with Crippen molar-refractivity contribution < 1.29 is 14.3 Å². The number of carbonyl (C=O) groups excluding carboxylic acids is 1. The van der Waals surface area contributed by atoms with Crippen molar-refractivity contribution in [2.24, 2.45) is 0 Å². The molecular weight excluding hydrogens is 434 g/mol. The maximum Gasteiger partial charge on any atom is 0.410 e. The zero-order chi connectivity index (χ0) is 23.8. The Balaban J connectivity index is 1.19. The van der Waals surface area contributed by atoms with Gasteiger partial charge in [0.1, 0.15) is 12.4 Å². The van der Waals surface area contributed by atoms with Crippen molar-refractivity contribution in [1.82, 2.24) is 4.90 Å². The van der Waals surface area contributed by atoms with E-state index in [0.29, 0.717) is 13.2 Å². The van der Waals surface area contributed by atoms with Gasteiger partial charge in [-0.1, -0.05) is 66.7 Å². The van der Waals surface area contributed by atoms with E-state index in [1.54, 1.807) is 0 Å². The topological polar surface area (TPSA) is 38.8 Å². The van der Waals surface area contributed by atoms with Crippen molar-refractivity contribution in [3.63, 3.8) is 0 Å². The minimum absolute atomic E-state index is 0.0888. The maximum absolute atomic E-state index is 13.4. The van der Waals surface area contributed by atoms with Crippen LogP contribution in [0.2, 0.25) is 0 Å². The molecule has 0 saturated carbocycles. The van der Waals surface area contributed by atoms with Crippen molar-refractivity contribution in [3.05, 3.63) is 95.6 Å². The maximum atomic E-state index is 13.4. The van der Waals surface area contributed by atoms with Gasteiger partial charge in [-0.2, -0.15) is 0 Å². The van der Waals surface area contributed by atoms with Gasteiger partial charge in [-0.05, 0) is 78.1 Å². The van der Waals surface area contributed by atoms with Crippen molar-refractivity contribution in [2.75, 3.05) is 13.2 Å². The van der Waals surface area contributed by atoms with Gasteiger partial charge in [0.15, 0.2) is 0 Å². The van der Waals surface area contributed by atoms with Gasteiger partial charge < -0.3 is 9.47 Å². The summed E-state index contributed by atoms with van der Waals surface area (Å²) < 4.78 is 11.6. The van der Waals surface area contributed by atoms with Gasteiger partial charge in [-0.25, -0.2) is 4.79 Å². The number of hydrogen-bond acceptors (Lipinski definition) is 3. The molecule has 3 aliphatic rings. The molecule has 0 spiro atoms. The molecule has 1 fully saturated rings. The van der Waals surface area contributed by atoms with E-state index in [0.717, 1.165) is 31.4 Å². The number of hydrogen-bond donors (Lipinski definition) is 0. The Hall–Kier alpha value is -3.53. The van der Waals surface area contributed by atoms with Gasteiger partial charge in [0.05, 0.1) is 12.6 Å². The Morgan fingerprint density at radius 3 is 2.26 bits per heavy atom. The molecule has 0 radical (unpaired) electrons. The van der Waals surface area contributed by atoms with E-state index < -0.39 is 0 Å². The molecule has 0 N–H and O–H groups in total. The predicted octanol–water partition coefficient (Wildman–Crippen LogP) is 7.04. The summed E-state index contributed by atoms with van der Waals surface area (Å²) in [5.41, 5.74) is 7.54. The lowest BCUT2D eigenvalue weighted by Gasteiger charge is -2.44. The highest BCUT2D eigenvalue weighted by atomic mass is 16.6. The Bertz CT molecular complexity index is 1220. The third-order valence-electron chi connectivity index (χ3n) is 7.72. The molecule has 2 heterocycles. The molecule has 2 aliphatic heterocycles. The fourth-order valence-corrected chi connectivity index (χ4v) is 6.13. The average Bonchev–Trinajstić information content (AvgIpc) is 3.21. The predicted molar refractivity (Wildman–Crippen MR) is 139 cm³/mol. The first kappa shape index (κ1) is 22.0. The van der Waals surface area contributed by atoms with Gasteiger partial charge in [-0.3, -0.25) is 4.90 Å². The third kappa shape index (κ3) is 4.01. The largest absolute Gasteiger partial charge is 0.494 e. The SMILES string of the molecule is CCOc1ccc(C2=CC3CCCC(C2)N3C(=O)OCC2c3ccccc3-c3ccccc32)cc1. The van der Waals surface area contributed by atoms with Crippen LogP contribution in [-0.2, 0) is 4.74 Å². The van der Waals surface area contributed by atoms with Gasteiger partial charge in [0, 0.05) is 12.0 Å². The second kappa shape index (κ2) is 9.26. The highest BCUT2D eigenvalue weighted by molar-refractivity contribution is 5.79. The molecule has 4 nitrogen and oxygen atoms in total. The average molecular weight is 466 g/mol. The Morgan fingerprint density at radius 2 is 1.60 bits per heavy atom.